The van der Waals surface area contributed by atoms with Gasteiger partial charge in [0.1, 0.15) is 0 Å². The van der Waals surface area contributed by atoms with E-state index in [0.717, 1.165) is 18.3 Å². The van der Waals surface area contributed by atoms with Crippen LogP contribution in [-0.2, 0) is 4.79 Å². The summed E-state index contributed by atoms with van der Waals surface area (Å²) in [5.41, 5.74) is 0. The van der Waals surface area contributed by atoms with Crippen molar-refractivity contribution in [2.24, 2.45) is 29.6 Å². The summed E-state index contributed by atoms with van der Waals surface area (Å²) in [5, 5.41) is 28.4. The Hall–Kier alpha value is -0.870. The third-order valence-corrected chi connectivity index (χ3v) is 5.89. The molecule has 1 fully saturated rings. The van der Waals surface area contributed by atoms with Gasteiger partial charge in [-0.15, -0.1) is 0 Å². The molecule has 132 valence electrons. The first-order valence-electron chi connectivity index (χ1n) is 9.13. The van der Waals surface area contributed by atoms with Crippen molar-refractivity contribution < 1.29 is 20.1 Å². The van der Waals surface area contributed by atoms with Gasteiger partial charge in [0.25, 0.3) is 0 Å². The third kappa shape index (κ3) is 5.32. The van der Waals surface area contributed by atoms with Crippen LogP contribution in [0, 0.1) is 29.6 Å². The average Bonchev–Trinajstić information content (AvgIpc) is 2.45. The Labute approximate surface area is 139 Å². The van der Waals surface area contributed by atoms with E-state index in [1.807, 2.05) is 0 Å². The van der Waals surface area contributed by atoms with E-state index in [2.05, 4.69) is 26.0 Å². The van der Waals surface area contributed by atoms with Gasteiger partial charge in [0.05, 0.1) is 18.6 Å². The number of aliphatic hydroxyl groups excluding tert-OH is 2. The number of carboxylic acids is 1. The monoisotopic (exact) mass is 324 g/mol. The number of carboxylic acid groups (broad SMARTS) is 1. The highest BCUT2D eigenvalue weighted by molar-refractivity contribution is 5.67. The van der Waals surface area contributed by atoms with Crippen molar-refractivity contribution in [2.45, 2.75) is 71.0 Å². The number of hydrogen-bond acceptors (Lipinski definition) is 3. The largest absolute Gasteiger partial charge is 0.481 e. The van der Waals surface area contributed by atoms with Gasteiger partial charge < -0.3 is 15.3 Å². The molecule has 0 heterocycles. The van der Waals surface area contributed by atoms with Crippen molar-refractivity contribution in [1.82, 2.24) is 0 Å². The standard InChI is InChI=1S/C19H32O4/c1-12-3-7-18-14(9-12)5-4-13(2)17(18)8-6-15(20)10-16(21)11-19(22)23/h4-5,12-18,20-21H,3,6-11H2,1-2H3,(H,22,23). The van der Waals surface area contributed by atoms with Gasteiger partial charge in [0, 0.05) is 0 Å². The normalized spacial score (nSPS) is 36.3. The topological polar surface area (TPSA) is 77.8 Å². The number of hydrogen-bond donors (Lipinski definition) is 3. The molecular weight excluding hydrogens is 292 g/mol. The molecule has 7 unspecified atom stereocenters. The van der Waals surface area contributed by atoms with E-state index in [-0.39, 0.29) is 12.8 Å². The highest BCUT2D eigenvalue weighted by Gasteiger charge is 2.37. The zero-order chi connectivity index (χ0) is 17.0. The molecule has 0 aromatic rings. The summed E-state index contributed by atoms with van der Waals surface area (Å²) in [5.74, 6) is 2.35. The lowest BCUT2D eigenvalue weighted by atomic mass is 9.62. The summed E-state index contributed by atoms with van der Waals surface area (Å²) >= 11 is 0. The third-order valence-electron chi connectivity index (χ3n) is 5.89. The maximum atomic E-state index is 10.6. The molecule has 4 heteroatoms. The van der Waals surface area contributed by atoms with E-state index in [0.29, 0.717) is 24.2 Å². The summed E-state index contributed by atoms with van der Waals surface area (Å²) in [6.07, 6.45) is 8.55. The van der Waals surface area contributed by atoms with Gasteiger partial charge in [-0.3, -0.25) is 4.79 Å². The minimum absolute atomic E-state index is 0.161. The molecule has 7 atom stereocenters. The van der Waals surface area contributed by atoms with Crippen LogP contribution in [0.4, 0.5) is 0 Å². The summed E-state index contributed by atoms with van der Waals surface area (Å²) in [6, 6.07) is 0. The first-order chi connectivity index (χ1) is 10.9. The molecule has 0 aliphatic heterocycles. The Kier molecular flexibility index (Phi) is 6.66. The molecule has 0 radical (unpaired) electrons. The molecule has 0 aromatic heterocycles. The summed E-state index contributed by atoms with van der Waals surface area (Å²) < 4.78 is 0. The predicted octanol–water partition coefficient (Wildman–Crippen LogP) is 3.23. The maximum absolute atomic E-state index is 10.6. The van der Waals surface area contributed by atoms with Crippen molar-refractivity contribution in [3.8, 4) is 0 Å². The molecule has 0 bridgehead atoms. The zero-order valence-corrected chi connectivity index (χ0v) is 14.4. The Balaban J connectivity index is 1.84. The molecular formula is C19H32O4. The second-order valence-electron chi connectivity index (χ2n) is 7.87. The van der Waals surface area contributed by atoms with Crippen molar-refractivity contribution in [3.05, 3.63) is 12.2 Å². The zero-order valence-electron chi connectivity index (χ0n) is 14.4. The molecule has 2 aliphatic carbocycles. The van der Waals surface area contributed by atoms with Crippen LogP contribution in [0.3, 0.4) is 0 Å². The molecule has 0 aromatic carbocycles. The van der Waals surface area contributed by atoms with E-state index in [1.54, 1.807) is 0 Å². The molecule has 0 saturated heterocycles. The van der Waals surface area contributed by atoms with Gasteiger partial charge in [-0.05, 0) is 61.7 Å². The fourth-order valence-corrected chi connectivity index (χ4v) is 4.63. The summed E-state index contributed by atoms with van der Waals surface area (Å²) in [4.78, 5) is 10.6. The second kappa shape index (κ2) is 8.29. The summed E-state index contributed by atoms with van der Waals surface area (Å²) in [6.45, 7) is 4.60. The molecule has 23 heavy (non-hydrogen) atoms. The van der Waals surface area contributed by atoms with E-state index >= 15 is 0 Å². The quantitative estimate of drug-likeness (QED) is 0.628. The predicted molar refractivity (Wildman–Crippen MR) is 89.9 cm³/mol. The lowest BCUT2D eigenvalue weighted by Gasteiger charge is -2.43. The van der Waals surface area contributed by atoms with Gasteiger partial charge in [-0.25, -0.2) is 0 Å². The van der Waals surface area contributed by atoms with E-state index in [1.165, 1.54) is 19.3 Å². The number of fused-ring (bicyclic) bond motifs is 1. The van der Waals surface area contributed by atoms with Crippen LogP contribution in [0.1, 0.15) is 58.8 Å². The smallest absolute Gasteiger partial charge is 0.305 e. The Morgan fingerprint density at radius 1 is 1.17 bits per heavy atom. The lowest BCUT2D eigenvalue weighted by Crippen LogP contribution is -2.35. The van der Waals surface area contributed by atoms with Gasteiger partial charge in [0.15, 0.2) is 0 Å². The van der Waals surface area contributed by atoms with Crippen LogP contribution in [0.5, 0.6) is 0 Å². The van der Waals surface area contributed by atoms with Gasteiger partial charge in [-0.2, -0.15) is 0 Å². The van der Waals surface area contributed by atoms with E-state index in [4.69, 9.17) is 5.11 Å². The van der Waals surface area contributed by atoms with Crippen LogP contribution in [0.25, 0.3) is 0 Å². The molecule has 2 rings (SSSR count). The van der Waals surface area contributed by atoms with Gasteiger partial charge >= 0.3 is 5.97 Å². The molecule has 1 saturated carbocycles. The van der Waals surface area contributed by atoms with Crippen molar-refractivity contribution in [3.63, 3.8) is 0 Å². The molecule has 0 spiro atoms. The van der Waals surface area contributed by atoms with Crippen LogP contribution >= 0.6 is 0 Å². The number of aliphatic hydroxyl groups is 2. The average molecular weight is 324 g/mol. The second-order valence-corrected chi connectivity index (χ2v) is 7.87. The minimum atomic E-state index is -1.02. The first-order valence-corrected chi connectivity index (χ1v) is 9.13. The van der Waals surface area contributed by atoms with Crippen molar-refractivity contribution in [2.75, 3.05) is 0 Å². The van der Waals surface area contributed by atoms with Crippen LogP contribution in [0.15, 0.2) is 12.2 Å². The van der Waals surface area contributed by atoms with Gasteiger partial charge in [-0.1, -0.05) is 32.4 Å². The van der Waals surface area contributed by atoms with Crippen LogP contribution < -0.4 is 0 Å². The lowest BCUT2D eigenvalue weighted by molar-refractivity contribution is -0.139. The molecule has 0 amide bonds. The van der Waals surface area contributed by atoms with Crippen molar-refractivity contribution >= 4 is 5.97 Å². The molecule has 3 N–H and O–H groups in total. The number of allylic oxidation sites excluding steroid dienone is 2. The number of rotatable bonds is 7. The number of aliphatic carboxylic acids is 1. The Bertz CT molecular complexity index is 420. The van der Waals surface area contributed by atoms with Gasteiger partial charge in [0.2, 0.25) is 0 Å². The highest BCUT2D eigenvalue weighted by Crippen LogP contribution is 2.46. The first kappa shape index (κ1) is 18.5. The summed E-state index contributed by atoms with van der Waals surface area (Å²) in [7, 11) is 0. The van der Waals surface area contributed by atoms with E-state index < -0.39 is 18.2 Å². The fraction of sp³-hybridized carbons (Fsp3) is 0.842. The van der Waals surface area contributed by atoms with E-state index in [9.17, 15) is 15.0 Å². The Morgan fingerprint density at radius 3 is 2.61 bits per heavy atom. The van der Waals surface area contributed by atoms with Crippen LogP contribution in [-0.4, -0.2) is 33.5 Å². The minimum Gasteiger partial charge on any atom is -0.481 e. The molecule has 2 aliphatic rings. The highest BCUT2D eigenvalue weighted by atomic mass is 16.4. The van der Waals surface area contributed by atoms with Crippen LogP contribution in [0.2, 0.25) is 0 Å². The fourth-order valence-electron chi connectivity index (χ4n) is 4.63. The molecule has 4 nitrogen and oxygen atoms in total. The maximum Gasteiger partial charge on any atom is 0.305 e. The Morgan fingerprint density at radius 2 is 1.91 bits per heavy atom. The van der Waals surface area contributed by atoms with Crippen molar-refractivity contribution in [1.29, 1.82) is 0 Å². The number of carbonyl (C=O) groups is 1. The SMILES string of the molecule is CC1CCC2C(C=CC(C)C2CCC(O)CC(O)CC(=O)O)C1.